The molecule has 2 unspecified atom stereocenters. The fourth-order valence-electron chi connectivity index (χ4n) is 0.625. The molecule has 0 aliphatic heterocycles. The maximum absolute atomic E-state index is 10.8. The molecule has 0 aromatic heterocycles. The van der Waals surface area contributed by atoms with Gasteiger partial charge < -0.3 is 5.73 Å². The van der Waals surface area contributed by atoms with Crippen molar-refractivity contribution in [3.05, 3.63) is 0 Å². The molecule has 0 amide bonds. The van der Waals surface area contributed by atoms with Crippen LogP contribution in [0.2, 0.25) is 0 Å². The van der Waals surface area contributed by atoms with Crippen LogP contribution >= 0.6 is 8.03 Å². The summed E-state index contributed by atoms with van der Waals surface area (Å²) in [7, 11) is -1.49. The van der Waals surface area contributed by atoms with Crippen LogP contribution in [0.1, 0.15) is 19.8 Å². The van der Waals surface area contributed by atoms with Crippen LogP contribution in [0.25, 0.3) is 0 Å². The predicted octanol–water partition coefficient (Wildman–Crippen LogP) is 1.40. The van der Waals surface area contributed by atoms with Gasteiger partial charge in [-0.3, -0.25) is 0 Å². The van der Waals surface area contributed by atoms with Crippen molar-refractivity contribution in [3.63, 3.8) is 0 Å². The lowest BCUT2D eigenvalue weighted by atomic mass is 10.2. The zero-order valence-electron chi connectivity index (χ0n) is 7.19. The topological polar surface area (TPSA) is 76.1 Å². The summed E-state index contributed by atoms with van der Waals surface area (Å²) < 4.78 is 15.7. The minimum absolute atomic E-state index is 0.423. The van der Waals surface area contributed by atoms with E-state index in [1.807, 2.05) is 6.07 Å². The highest BCUT2D eigenvalue weighted by atomic mass is 31.1. The first kappa shape index (κ1) is 11.5. The SMILES string of the molecule is CC[P+](=O)OCCCC(N)C#N. The smallest absolute Gasteiger partial charge is 0.316 e. The molecular weight excluding hydrogens is 175 g/mol. The average molecular weight is 189 g/mol. The molecule has 0 fully saturated rings. The first-order valence-electron chi connectivity index (χ1n) is 3.93. The highest BCUT2D eigenvalue weighted by molar-refractivity contribution is 7.39. The summed E-state index contributed by atoms with van der Waals surface area (Å²) in [5, 5.41) is 8.32. The summed E-state index contributed by atoms with van der Waals surface area (Å²) in [5.41, 5.74) is 5.33. The van der Waals surface area contributed by atoms with Gasteiger partial charge in [0.1, 0.15) is 6.61 Å². The second-order valence-electron chi connectivity index (χ2n) is 2.36. The lowest BCUT2D eigenvalue weighted by molar-refractivity contribution is 0.317. The van der Waals surface area contributed by atoms with Gasteiger partial charge in [0.15, 0.2) is 6.16 Å². The van der Waals surface area contributed by atoms with Gasteiger partial charge in [0.05, 0.1) is 12.1 Å². The molecule has 2 atom stereocenters. The summed E-state index contributed by atoms with van der Waals surface area (Å²) in [6, 6.07) is 1.49. The number of hydrogen-bond acceptors (Lipinski definition) is 4. The van der Waals surface area contributed by atoms with E-state index >= 15 is 0 Å². The maximum atomic E-state index is 10.8. The second kappa shape index (κ2) is 7.17. The van der Waals surface area contributed by atoms with Gasteiger partial charge in [-0.1, -0.05) is 0 Å². The van der Waals surface area contributed by atoms with E-state index in [4.69, 9.17) is 15.5 Å². The van der Waals surface area contributed by atoms with Crippen LogP contribution in [0, 0.1) is 11.3 Å². The zero-order chi connectivity index (χ0) is 9.40. The molecule has 2 N–H and O–H groups in total. The molecule has 0 aromatic rings. The van der Waals surface area contributed by atoms with Gasteiger partial charge in [-0.15, -0.1) is 4.52 Å². The Hall–Kier alpha value is -0.490. The van der Waals surface area contributed by atoms with Crippen molar-refractivity contribution in [2.45, 2.75) is 25.8 Å². The summed E-state index contributed by atoms with van der Waals surface area (Å²) in [5.74, 6) is 0. The Labute approximate surface area is 73.6 Å². The van der Waals surface area contributed by atoms with Crippen molar-refractivity contribution in [2.24, 2.45) is 5.73 Å². The molecule has 68 valence electrons. The van der Waals surface area contributed by atoms with Gasteiger partial charge in [-0.05, 0) is 24.3 Å². The van der Waals surface area contributed by atoms with Crippen molar-refractivity contribution in [1.29, 1.82) is 5.26 Å². The largest absolute Gasteiger partial charge is 0.507 e. The molecule has 0 radical (unpaired) electrons. The minimum Gasteiger partial charge on any atom is -0.316 e. The fourth-order valence-corrected chi connectivity index (χ4v) is 1.14. The van der Waals surface area contributed by atoms with Gasteiger partial charge in [0.2, 0.25) is 0 Å². The molecular formula is C7H14N2O2P+. The quantitative estimate of drug-likeness (QED) is 0.506. The summed E-state index contributed by atoms with van der Waals surface area (Å²) in [4.78, 5) is 0. The van der Waals surface area contributed by atoms with E-state index in [0.29, 0.717) is 25.6 Å². The third-order valence-corrected chi connectivity index (χ3v) is 2.31. The molecule has 0 saturated heterocycles. The molecule has 0 aromatic carbocycles. The number of rotatable bonds is 6. The van der Waals surface area contributed by atoms with Gasteiger partial charge >= 0.3 is 8.03 Å². The Morgan fingerprint density at radius 3 is 2.92 bits per heavy atom. The van der Waals surface area contributed by atoms with Crippen LogP contribution < -0.4 is 5.73 Å². The van der Waals surface area contributed by atoms with Crippen molar-refractivity contribution in [3.8, 4) is 6.07 Å². The van der Waals surface area contributed by atoms with Crippen LogP contribution in [-0.4, -0.2) is 18.8 Å². The van der Waals surface area contributed by atoms with E-state index in [9.17, 15) is 4.57 Å². The molecule has 0 saturated carbocycles. The van der Waals surface area contributed by atoms with Crippen molar-refractivity contribution < 1.29 is 9.09 Å². The van der Waals surface area contributed by atoms with Crippen molar-refractivity contribution in [2.75, 3.05) is 12.8 Å². The van der Waals surface area contributed by atoms with E-state index in [0.717, 1.165) is 0 Å². The van der Waals surface area contributed by atoms with Gasteiger partial charge in [-0.25, -0.2) is 0 Å². The first-order chi connectivity index (χ1) is 5.70. The van der Waals surface area contributed by atoms with Crippen LogP contribution in [0.4, 0.5) is 0 Å². The Bertz CT molecular complexity index is 179. The monoisotopic (exact) mass is 189 g/mol. The highest BCUT2D eigenvalue weighted by Crippen LogP contribution is 2.20. The Kier molecular flexibility index (Phi) is 6.88. The van der Waals surface area contributed by atoms with E-state index in [1.54, 1.807) is 6.92 Å². The molecule has 0 rings (SSSR count). The summed E-state index contributed by atoms with van der Waals surface area (Å²) >= 11 is 0. The second-order valence-corrected chi connectivity index (χ2v) is 3.92. The Morgan fingerprint density at radius 1 is 1.75 bits per heavy atom. The summed E-state index contributed by atoms with van der Waals surface area (Å²) in [6.45, 7) is 2.23. The maximum Gasteiger partial charge on any atom is 0.507 e. The van der Waals surface area contributed by atoms with E-state index in [2.05, 4.69) is 0 Å². The molecule has 4 nitrogen and oxygen atoms in total. The molecule has 0 heterocycles. The lowest BCUT2D eigenvalue weighted by Gasteiger charge is -1.97. The first-order valence-corrected chi connectivity index (χ1v) is 5.29. The van der Waals surface area contributed by atoms with Crippen molar-refractivity contribution in [1.82, 2.24) is 0 Å². The predicted molar refractivity (Wildman–Crippen MR) is 46.9 cm³/mol. The third kappa shape index (κ3) is 6.23. The number of nitrogens with zero attached hydrogens (tertiary/aromatic N) is 1. The van der Waals surface area contributed by atoms with E-state index in [1.165, 1.54) is 0 Å². The normalized spacial score (nSPS) is 13.6. The highest BCUT2D eigenvalue weighted by Gasteiger charge is 2.12. The fraction of sp³-hybridized carbons (Fsp3) is 0.857. The summed E-state index contributed by atoms with van der Waals surface area (Å²) in [6.07, 6.45) is 1.83. The van der Waals surface area contributed by atoms with Gasteiger partial charge in [0.25, 0.3) is 0 Å². The zero-order valence-corrected chi connectivity index (χ0v) is 8.09. The van der Waals surface area contributed by atoms with Crippen molar-refractivity contribution >= 4 is 8.03 Å². The van der Waals surface area contributed by atoms with E-state index in [-0.39, 0.29) is 0 Å². The standard InChI is InChI=1S/C7H14N2O2P/c1-2-12(10)11-5-3-4-7(9)6-8/h7H,2-5,9H2,1H3/q+1. The minimum atomic E-state index is -1.49. The molecule has 0 aliphatic rings. The Balaban J connectivity index is 3.23. The van der Waals surface area contributed by atoms with Crippen LogP contribution in [0.15, 0.2) is 0 Å². The molecule has 12 heavy (non-hydrogen) atoms. The third-order valence-electron chi connectivity index (χ3n) is 1.32. The Morgan fingerprint density at radius 2 is 2.42 bits per heavy atom. The number of nitriles is 1. The van der Waals surface area contributed by atoms with E-state index < -0.39 is 14.1 Å². The molecule has 5 heteroatoms. The lowest BCUT2D eigenvalue weighted by Crippen LogP contribution is -2.17. The molecule has 0 spiro atoms. The van der Waals surface area contributed by atoms with Crippen LogP contribution in [0.5, 0.6) is 0 Å². The number of nitrogens with two attached hydrogens (primary N) is 1. The van der Waals surface area contributed by atoms with Crippen LogP contribution in [-0.2, 0) is 9.09 Å². The molecule has 0 aliphatic carbocycles. The average Bonchev–Trinajstić information content (AvgIpc) is 2.11. The van der Waals surface area contributed by atoms with Crippen LogP contribution in [0.3, 0.4) is 0 Å². The number of hydrogen-bond donors (Lipinski definition) is 1. The molecule has 0 bridgehead atoms. The van der Waals surface area contributed by atoms with Gasteiger partial charge in [-0.2, -0.15) is 5.26 Å². The van der Waals surface area contributed by atoms with Gasteiger partial charge in [0, 0.05) is 0 Å².